The van der Waals surface area contributed by atoms with E-state index in [4.69, 9.17) is 34.6 Å². The molecule has 10 nitrogen and oxygen atoms in total. The van der Waals surface area contributed by atoms with E-state index in [0.29, 0.717) is 30.2 Å². The maximum Gasteiger partial charge on any atom is 0.291 e. The molecule has 0 atom stereocenters. The number of amides is 1. The summed E-state index contributed by atoms with van der Waals surface area (Å²) in [6.07, 6.45) is 8.15. The fraction of sp³-hybridized carbons (Fsp3) is 0.389. The summed E-state index contributed by atoms with van der Waals surface area (Å²) in [5, 5.41) is 25.0. The molecule has 10 heteroatoms. The Morgan fingerprint density at radius 3 is 2.18 bits per heavy atom. The number of methoxy groups -OCH3 is 3. The van der Waals surface area contributed by atoms with E-state index in [1.165, 1.54) is 6.08 Å². The van der Waals surface area contributed by atoms with Gasteiger partial charge in [-0.25, -0.2) is 0 Å². The van der Waals surface area contributed by atoms with Gasteiger partial charge in [-0.2, -0.15) is 0 Å². The van der Waals surface area contributed by atoms with Gasteiger partial charge in [-0.15, -0.1) is 10.1 Å². The van der Waals surface area contributed by atoms with Crippen LogP contribution in [0.4, 0.5) is 0 Å². The second-order valence-corrected chi connectivity index (χ2v) is 5.14. The number of benzene rings is 1. The summed E-state index contributed by atoms with van der Waals surface area (Å²) in [4.78, 5) is 19.9. The topological polar surface area (TPSA) is 140 Å². The van der Waals surface area contributed by atoms with E-state index in [-0.39, 0.29) is 12.5 Å². The fourth-order valence-corrected chi connectivity index (χ4v) is 2.01. The number of ether oxygens (including phenoxy) is 3. The van der Waals surface area contributed by atoms with E-state index in [9.17, 15) is 4.79 Å². The molecule has 156 valence electrons. The third-order valence-corrected chi connectivity index (χ3v) is 3.22. The normalized spacial score (nSPS) is 10.3. The van der Waals surface area contributed by atoms with Gasteiger partial charge in [-0.1, -0.05) is 18.2 Å². The maximum absolute atomic E-state index is 11.6. The molecular weight excluding hydrogens is 372 g/mol. The lowest BCUT2D eigenvalue weighted by Crippen LogP contribution is -2.22. The SMILES string of the molecule is COc1cc(C=CC=CC(=O)NCCCCO)cc(OC)c1OC.O=[N+]([O-])O. The third-order valence-electron chi connectivity index (χ3n) is 3.22. The number of allylic oxidation sites excluding steroid dienone is 2. The molecule has 0 saturated heterocycles. The van der Waals surface area contributed by atoms with Gasteiger partial charge in [-0.3, -0.25) is 4.79 Å². The first-order valence-corrected chi connectivity index (χ1v) is 8.26. The van der Waals surface area contributed by atoms with Gasteiger partial charge < -0.3 is 29.8 Å². The number of rotatable bonds is 10. The minimum atomic E-state index is -1.50. The molecule has 1 amide bonds. The fourth-order valence-electron chi connectivity index (χ4n) is 2.01. The second kappa shape index (κ2) is 14.9. The van der Waals surface area contributed by atoms with Gasteiger partial charge in [0.15, 0.2) is 11.5 Å². The number of carbonyl (C=O) groups is 1. The molecule has 0 aliphatic carbocycles. The second-order valence-electron chi connectivity index (χ2n) is 5.14. The minimum absolute atomic E-state index is 0.142. The van der Waals surface area contributed by atoms with Gasteiger partial charge >= 0.3 is 0 Å². The quantitative estimate of drug-likeness (QED) is 0.178. The van der Waals surface area contributed by atoms with Crippen LogP contribution in [0.1, 0.15) is 18.4 Å². The number of aliphatic hydroxyl groups is 1. The predicted molar refractivity (Wildman–Crippen MR) is 102 cm³/mol. The van der Waals surface area contributed by atoms with E-state index < -0.39 is 5.09 Å². The molecule has 0 radical (unpaired) electrons. The average Bonchev–Trinajstić information content (AvgIpc) is 2.67. The van der Waals surface area contributed by atoms with Crippen molar-refractivity contribution in [3.63, 3.8) is 0 Å². The highest BCUT2D eigenvalue weighted by atomic mass is 16.9. The number of carbonyl (C=O) groups excluding carboxylic acids is 1. The first kappa shape index (κ1) is 24.7. The zero-order valence-corrected chi connectivity index (χ0v) is 16.1. The molecule has 0 fully saturated rings. The molecular formula is C18H26N2O8. The molecule has 0 heterocycles. The van der Waals surface area contributed by atoms with Gasteiger partial charge in [0.25, 0.3) is 5.09 Å². The van der Waals surface area contributed by atoms with Gasteiger partial charge in [0, 0.05) is 19.2 Å². The largest absolute Gasteiger partial charge is 0.493 e. The maximum atomic E-state index is 11.6. The first-order chi connectivity index (χ1) is 13.4. The molecule has 0 aromatic heterocycles. The van der Waals surface area contributed by atoms with E-state index in [0.717, 1.165) is 12.0 Å². The zero-order chi connectivity index (χ0) is 21.4. The molecule has 0 bridgehead atoms. The van der Waals surface area contributed by atoms with Crippen LogP contribution in [-0.2, 0) is 4.79 Å². The van der Waals surface area contributed by atoms with Crippen molar-refractivity contribution in [3.8, 4) is 17.2 Å². The van der Waals surface area contributed by atoms with Crippen molar-refractivity contribution >= 4 is 12.0 Å². The lowest BCUT2D eigenvalue weighted by molar-refractivity contribution is -0.742. The van der Waals surface area contributed by atoms with Crippen LogP contribution in [0, 0.1) is 10.1 Å². The number of unbranched alkanes of at least 4 members (excludes halogenated alkanes) is 1. The van der Waals surface area contributed by atoms with Crippen molar-refractivity contribution in [3.05, 3.63) is 46.0 Å². The van der Waals surface area contributed by atoms with Crippen molar-refractivity contribution in [2.45, 2.75) is 12.8 Å². The van der Waals surface area contributed by atoms with Crippen LogP contribution in [0.15, 0.2) is 30.4 Å². The lowest BCUT2D eigenvalue weighted by atomic mass is 10.1. The van der Waals surface area contributed by atoms with Crippen molar-refractivity contribution in [2.24, 2.45) is 0 Å². The smallest absolute Gasteiger partial charge is 0.291 e. The molecule has 28 heavy (non-hydrogen) atoms. The molecule has 1 aromatic rings. The molecule has 1 rings (SSSR count). The summed E-state index contributed by atoms with van der Waals surface area (Å²) in [6, 6.07) is 3.64. The van der Waals surface area contributed by atoms with Crippen LogP contribution in [0.5, 0.6) is 17.2 Å². The van der Waals surface area contributed by atoms with E-state index >= 15 is 0 Å². The van der Waals surface area contributed by atoms with Crippen LogP contribution in [0.2, 0.25) is 0 Å². The Morgan fingerprint density at radius 2 is 1.71 bits per heavy atom. The lowest BCUT2D eigenvalue weighted by Gasteiger charge is -2.12. The van der Waals surface area contributed by atoms with Crippen molar-refractivity contribution in [1.82, 2.24) is 5.32 Å². The van der Waals surface area contributed by atoms with Crippen molar-refractivity contribution in [1.29, 1.82) is 0 Å². The Kier molecular flexibility index (Phi) is 13.1. The van der Waals surface area contributed by atoms with Crippen LogP contribution in [0.25, 0.3) is 6.08 Å². The summed E-state index contributed by atoms with van der Waals surface area (Å²) in [7, 11) is 4.68. The molecule has 1 aromatic carbocycles. The zero-order valence-electron chi connectivity index (χ0n) is 16.1. The summed E-state index contributed by atoms with van der Waals surface area (Å²) in [6.45, 7) is 0.698. The van der Waals surface area contributed by atoms with Gasteiger partial charge in [0.05, 0.1) is 21.3 Å². The van der Waals surface area contributed by atoms with Crippen LogP contribution in [0.3, 0.4) is 0 Å². The number of aliphatic hydroxyl groups excluding tert-OH is 1. The summed E-state index contributed by atoms with van der Waals surface area (Å²) < 4.78 is 15.8. The Hall–Kier alpha value is -3.27. The molecule has 0 aliphatic heterocycles. The number of hydrogen-bond acceptors (Lipinski definition) is 7. The first-order valence-electron chi connectivity index (χ1n) is 8.26. The molecule has 0 aliphatic rings. The highest BCUT2D eigenvalue weighted by Crippen LogP contribution is 2.38. The van der Waals surface area contributed by atoms with Gasteiger partial charge in [-0.05, 0) is 30.5 Å². The van der Waals surface area contributed by atoms with Crippen LogP contribution in [-0.4, -0.2) is 55.8 Å². The number of hydrogen-bond donors (Lipinski definition) is 3. The Balaban J connectivity index is 0.00000165. The average molecular weight is 398 g/mol. The molecule has 0 unspecified atom stereocenters. The number of nitrogens with one attached hydrogen (secondary N) is 1. The minimum Gasteiger partial charge on any atom is -0.493 e. The standard InChI is InChI=1S/C18H25NO5.HNO3/c1-22-15-12-14(13-16(23-2)18(15)24-3)8-4-5-9-17(21)19-10-6-7-11-20;2-1(3)4/h4-5,8-9,12-13,20H,6-7,10-11H2,1-3H3,(H,19,21);(H,2,3,4). The Morgan fingerprint density at radius 1 is 1.14 bits per heavy atom. The van der Waals surface area contributed by atoms with Crippen molar-refractivity contribution in [2.75, 3.05) is 34.5 Å². The number of nitrogens with zero attached hydrogens (tertiary/aromatic N) is 1. The predicted octanol–water partition coefficient (Wildman–Crippen LogP) is 1.82. The summed E-state index contributed by atoms with van der Waals surface area (Å²) in [5.74, 6) is 1.52. The van der Waals surface area contributed by atoms with E-state index in [1.54, 1.807) is 33.5 Å². The third kappa shape index (κ3) is 10.7. The Bertz CT molecular complexity index is 645. The van der Waals surface area contributed by atoms with Crippen LogP contribution < -0.4 is 19.5 Å². The van der Waals surface area contributed by atoms with E-state index in [1.807, 2.05) is 18.2 Å². The van der Waals surface area contributed by atoms with Crippen LogP contribution >= 0.6 is 0 Å². The molecule has 0 saturated carbocycles. The van der Waals surface area contributed by atoms with E-state index in [2.05, 4.69) is 5.32 Å². The molecule has 0 spiro atoms. The van der Waals surface area contributed by atoms with Gasteiger partial charge in [0.1, 0.15) is 0 Å². The summed E-state index contributed by atoms with van der Waals surface area (Å²) in [5.41, 5.74) is 0.859. The highest BCUT2D eigenvalue weighted by Gasteiger charge is 2.11. The summed E-state index contributed by atoms with van der Waals surface area (Å²) >= 11 is 0. The van der Waals surface area contributed by atoms with Gasteiger partial charge in [0.2, 0.25) is 11.7 Å². The monoisotopic (exact) mass is 398 g/mol. The highest BCUT2D eigenvalue weighted by molar-refractivity contribution is 5.87. The molecule has 3 N–H and O–H groups in total. The Labute approximate surface area is 163 Å². The van der Waals surface area contributed by atoms with Crippen molar-refractivity contribution < 1.29 is 34.4 Å².